The highest BCUT2D eigenvalue weighted by Gasteiger charge is 2.32. The van der Waals surface area contributed by atoms with Crippen LogP contribution in [-0.4, -0.2) is 48.2 Å². The van der Waals surface area contributed by atoms with Crippen LogP contribution >= 0.6 is 11.6 Å². The Balaban J connectivity index is 2.59. The fourth-order valence-corrected chi connectivity index (χ4v) is 3.38. The zero-order chi connectivity index (χ0) is 28.7. The van der Waals surface area contributed by atoms with Gasteiger partial charge in [-0.3, -0.25) is 9.59 Å². The van der Waals surface area contributed by atoms with Gasteiger partial charge in [0.05, 0.1) is 13.2 Å². The summed E-state index contributed by atoms with van der Waals surface area (Å²) in [5.41, 5.74) is -0.546. The van der Waals surface area contributed by atoms with E-state index in [1.165, 1.54) is 25.5 Å². The standard InChI is InChI=1S/C29H39ClN2O6/c1-20(23-17-18-24(37-6)28(36)38-23)12-9-7-8-10-14-25(34)32-26(29(3,4)5)27(35)31-19-11-13-22(33)16-15-21(2)30/h9-12,14-15,18-20,22-23,26,33H,13,16-17H2,1-6H3,(H,31,35)(H,32,34)/b12-9-,14-10+,19-11-,21-15+/t20-,22+,23-,26?/m0/s1. The predicted octanol–water partition coefficient (Wildman–Crippen LogP) is 4.03. The highest BCUT2D eigenvalue weighted by Crippen LogP contribution is 2.21. The molecular formula is C29H39ClN2O6. The largest absolute Gasteiger partial charge is 0.490 e. The van der Waals surface area contributed by atoms with Crippen molar-refractivity contribution in [3.63, 3.8) is 0 Å². The van der Waals surface area contributed by atoms with Gasteiger partial charge in [0.1, 0.15) is 12.1 Å². The SMILES string of the molecule is COC1=CC[C@@H]([C@@H](C)/C=C\C#C/C=C/C(=O)NC(C(=O)N/C=C\C[C@@H](O)C/C=C(\C)Cl)C(C)(C)C)OC1=O. The minimum atomic E-state index is -0.796. The van der Waals surface area contributed by atoms with E-state index in [9.17, 15) is 19.5 Å². The molecule has 8 nitrogen and oxygen atoms in total. The molecule has 0 radical (unpaired) electrons. The van der Waals surface area contributed by atoms with Crippen LogP contribution in [0.3, 0.4) is 0 Å². The number of hydrogen-bond donors (Lipinski definition) is 3. The summed E-state index contributed by atoms with van der Waals surface area (Å²) in [6.45, 7) is 9.19. The average molecular weight is 547 g/mol. The van der Waals surface area contributed by atoms with E-state index in [1.54, 1.807) is 31.2 Å². The molecule has 4 atom stereocenters. The summed E-state index contributed by atoms with van der Waals surface area (Å²) in [7, 11) is 1.43. The molecule has 0 aromatic carbocycles. The Kier molecular flexibility index (Phi) is 14.3. The van der Waals surface area contributed by atoms with Gasteiger partial charge in [-0.2, -0.15) is 0 Å². The topological polar surface area (TPSA) is 114 Å². The van der Waals surface area contributed by atoms with Crippen LogP contribution < -0.4 is 10.6 Å². The van der Waals surface area contributed by atoms with Crippen molar-refractivity contribution in [2.75, 3.05) is 7.11 Å². The van der Waals surface area contributed by atoms with Gasteiger partial charge >= 0.3 is 5.97 Å². The molecule has 0 bridgehead atoms. The fourth-order valence-electron chi connectivity index (χ4n) is 3.29. The Labute approximate surface area is 230 Å². The second kappa shape index (κ2) is 16.5. The van der Waals surface area contributed by atoms with Gasteiger partial charge in [0.15, 0.2) is 5.76 Å². The maximum atomic E-state index is 12.7. The molecule has 9 heteroatoms. The van der Waals surface area contributed by atoms with E-state index in [1.807, 2.05) is 33.8 Å². The monoisotopic (exact) mass is 546 g/mol. The Hall–Kier alpha value is -3.28. The molecule has 2 amide bonds. The highest BCUT2D eigenvalue weighted by molar-refractivity contribution is 6.29. The molecule has 208 valence electrons. The highest BCUT2D eigenvalue weighted by atomic mass is 35.5. The van der Waals surface area contributed by atoms with Crippen LogP contribution in [0.25, 0.3) is 0 Å². The van der Waals surface area contributed by atoms with Crippen molar-refractivity contribution in [1.29, 1.82) is 0 Å². The minimum absolute atomic E-state index is 0.0507. The van der Waals surface area contributed by atoms with Crippen molar-refractivity contribution in [3.8, 4) is 11.8 Å². The first-order valence-electron chi connectivity index (χ1n) is 12.4. The van der Waals surface area contributed by atoms with Crippen molar-refractivity contribution in [1.82, 2.24) is 10.6 Å². The number of allylic oxidation sites excluding steroid dienone is 3. The Morgan fingerprint density at radius 3 is 2.58 bits per heavy atom. The molecule has 0 saturated heterocycles. The number of rotatable bonds is 11. The van der Waals surface area contributed by atoms with Crippen LogP contribution in [0.15, 0.2) is 59.5 Å². The van der Waals surface area contributed by atoms with Crippen molar-refractivity contribution in [2.24, 2.45) is 11.3 Å². The molecule has 1 rings (SSSR count). The summed E-state index contributed by atoms with van der Waals surface area (Å²) in [5, 5.41) is 15.9. The molecule has 0 fully saturated rings. The number of nitrogens with one attached hydrogen (secondary N) is 2. The van der Waals surface area contributed by atoms with E-state index in [4.69, 9.17) is 21.1 Å². The molecule has 0 aromatic heterocycles. The lowest BCUT2D eigenvalue weighted by molar-refractivity contribution is -0.151. The van der Waals surface area contributed by atoms with Crippen LogP contribution in [0.5, 0.6) is 0 Å². The average Bonchev–Trinajstić information content (AvgIpc) is 2.84. The zero-order valence-electron chi connectivity index (χ0n) is 22.9. The van der Waals surface area contributed by atoms with Crippen molar-refractivity contribution in [3.05, 3.63) is 59.5 Å². The first-order valence-corrected chi connectivity index (χ1v) is 12.8. The molecule has 1 unspecified atom stereocenters. The number of methoxy groups -OCH3 is 1. The van der Waals surface area contributed by atoms with Crippen LogP contribution in [0.1, 0.15) is 53.9 Å². The Morgan fingerprint density at radius 2 is 1.97 bits per heavy atom. The molecule has 3 N–H and O–H groups in total. The summed E-state index contributed by atoms with van der Waals surface area (Å²) >= 11 is 5.75. The maximum Gasteiger partial charge on any atom is 0.373 e. The van der Waals surface area contributed by atoms with Gasteiger partial charge in [-0.25, -0.2) is 4.79 Å². The van der Waals surface area contributed by atoms with Crippen LogP contribution in [0.4, 0.5) is 0 Å². The summed E-state index contributed by atoms with van der Waals surface area (Å²) in [6.07, 6.45) is 13.1. The Bertz CT molecular complexity index is 1040. The van der Waals surface area contributed by atoms with E-state index < -0.39 is 29.4 Å². The van der Waals surface area contributed by atoms with Crippen LogP contribution in [0, 0.1) is 23.2 Å². The molecule has 1 aliphatic rings. The number of hydrogen-bond acceptors (Lipinski definition) is 6. The summed E-state index contributed by atoms with van der Waals surface area (Å²) in [4.78, 5) is 36.8. The third-order valence-corrected chi connectivity index (χ3v) is 5.68. The van der Waals surface area contributed by atoms with E-state index in [0.717, 1.165) is 0 Å². The van der Waals surface area contributed by atoms with Gasteiger partial charge in [-0.05, 0) is 49.6 Å². The van der Waals surface area contributed by atoms with Crippen molar-refractivity contribution >= 4 is 29.4 Å². The maximum absolute atomic E-state index is 12.7. The second-order valence-corrected chi connectivity index (χ2v) is 10.5. The summed E-state index contributed by atoms with van der Waals surface area (Å²) in [6, 6.07) is -0.796. The Morgan fingerprint density at radius 1 is 1.29 bits per heavy atom. The lowest BCUT2D eigenvalue weighted by Crippen LogP contribution is -2.52. The molecule has 1 aliphatic heterocycles. The fraction of sp³-hybridized carbons (Fsp3) is 0.483. The van der Waals surface area contributed by atoms with Gasteiger partial charge < -0.3 is 25.2 Å². The van der Waals surface area contributed by atoms with Gasteiger partial charge in [0, 0.05) is 23.4 Å². The number of carbonyl (C=O) groups excluding carboxylic acids is 3. The molecule has 0 saturated carbocycles. The molecule has 38 heavy (non-hydrogen) atoms. The predicted molar refractivity (Wildman–Crippen MR) is 148 cm³/mol. The summed E-state index contributed by atoms with van der Waals surface area (Å²) in [5.74, 6) is 4.41. The molecule has 0 aromatic rings. The molecule has 0 aliphatic carbocycles. The third-order valence-electron chi connectivity index (χ3n) is 5.52. The lowest BCUT2D eigenvalue weighted by Gasteiger charge is -2.29. The number of cyclic esters (lactones) is 1. The number of esters is 1. The number of aliphatic hydroxyl groups is 1. The van der Waals surface area contributed by atoms with Gasteiger partial charge in [-0.1, -0.05) is 69.4 Å². The van der Waals surface area contributed by atoms with Crippen LogP contribution in [0.2, 0.25) is 0 Å². The smallest absolute Gasteiger partial charge is 0.373 e. The van der Waals surface area contributed by atoms with Crippen molar-refractivity contribution < 1.29 is 29.0 Å². The van der Waals surface area contributed by atoms with Crippen LogP contribution in [-0.2, 0) is 23.9 Å². The molecule has 1 heterocycles. The van der Waals surface area contributed by atoms with Gasteiger partial charge in [0.25, 0.3) is 0 Å². The van der Waals surface area contributed by atoms with Gasteiger partial charge in [0.2, 0.25) is 11.8 Å². The van der Waals surface area contributed by atoms with E-state index in [-0.39, 0.29) is 23.7 Å². The quantitative estimate of drug-likeness (QED) is 0.205. The van der Waals surface area contributed by atoms with E-state index >= 15 is 0 Å². The summed E-state index contributed by atoms with van der Waals surface area (Å²) < 4.78 is 10.3. The number of ether oxygens (including phenoxy) is 2. The first kappa shape index (κ1) is 32.7. The first-order chi connectivity index (χ1) is 17.8. The minimum Gasteiger partial charge on any atom is -0.490 e. The molecular weight excluding hydrogens is 508 g/mol. The second-order valence-electron chi connectivity index (χ2n) is 9.93. The van der Waals surface area contributed by atoms with Gasteiger partial charge in [-0.15, -0.1) is 0 Å². The number of halogens is 1. The van der Waals surface area contributed by atoms with Crippen molar-refractivity contribution in [2.45, 2.75) is 72.1 Å². The lowest BCUT2D eigenvalue weighted by atomic mass is 9.86. The van der Waals surface area contributed by atoms with E-state index in [2.05, 4.69) is 22.5 Å². The third kappa shape index (κ3) is 12.8. The number of carbonyl (C=O) groups is 3. The number of amides is 2. The molecule has 0 spiro atoms. The number of aliphatic hydroxyl groups excluding tert-OH is 1. The van der Waals surface area contributed by atoms with E-state index in [0.29, 0.717) is 24.3 Å². The normalized spacial score (nSPS) is 18.8. The zero-order valence-corrected chi connectivity index (χ0v) is 23.7.